The van der Waals surface area contributed by atoms with Crippen molar-refractivity contribution in [2.24, 2.45) is 0 Å². The normalized spacial score (nSPS) is 12.6. The Morgan fingerprint density at radius 2 is 1.84 bits per heavy atom. The van der Waals surface area contributed by atoms with Gasteiger partial charge in [0.25, 0.3) is 0 Å². The average Bonchev–Trinajstić information content (AvgIpc) is 2.86. The van der Waals surface area contributed by atoms with Crippen molar-refractivity contribution in [3.8, 4) is 0 Å². The van der Waals surface area contributed by atoms with Crippen LogP contribution < -0.4 is 0 Å². The van der Waals surface area contributed by atoms with E-state index < -0.39 is 0 Å². The zero-order valence-corrected chi connectivity index (χ0v) is 12.8. The minimum absolute atomic E-state index is 0.334. The van der Waals surface area contributed by atoms with Crippen molar-refractivity contribution in [3.05, 3.63) is 56.8 Å². The molecule has 0 radical (unpaired) electrons. The van der Waals surface area contributed by atoms with Gasteiger partial charge in [0.1, 0.15) is 0 Å². The van der Waals surface area contributed by atoms with Crippen LogP contribution in [0.5, 0.6) is 0 Å². The lowest BCUT2D eigenvalue weighted by atomic mass is 9.95. The minimum Gasteiger partial charge on any atom is -0.388 e. The van der Waals surface area contributed by atoms with Crippen LogP contribution in [0.2, 0.25) is 0 Å². The van der Waals surface area contributed by atoms with E-state index in [-0.39, 0.29) is 6.10 Å². The molecule has 2 rings (SSSR count). The van der Waals surface area contributed by atoms with Crippen molar-refractivity contribution in [1.29, 1.82) is 0 Å². The van der Waals surface area contributed by atoms with E-state index in [1.54, 1.807) is 11.3 Å². The first-order chi connectivity index (χ1) is 9.08. The third-order valence-electron chi connectivity index (χ3n) is 3.72. The van der Waals surface area contributed by atoms with Gasteiger partial charge in [-0.3, -0.25) is 0 Å². The summed E-state index contributed by atoms with van der Waals surface area (Å²) in [6.07, 6.45) is 2.60. The van der Waals surface area contributed by atoms with Gasteiger partial charge in [-0.1, -0.05) is 18.2 Å². The van der Waals surface area contributed by atoms with Gasteiger partial charge in [-0.25, -0.2) is 0 Å². The Kier molecular flexibility index (Phi) is 4.78. The van der Waals surface area contributed by atoms with Crippen molar-refractivity contribution in [1.82, 2.24) is 0 Å². The number of aliphatic hydroxyl groups excluding tert-OH is 1. The molecule has 2 aromatic rings. The number of aryl methyl sites for hydroxylation is 4. The molecule has 0 amide bonds. The van der Waals surface area contributed by atoms with E-state index in [4.69, 9.17) is 0 Å². The fourth-order valence-electron chi connectivity index (χ4n) is 2.42. The first-order valence-corrected chi connectivity index (χ1v) is 7.74. The molecule has 1 N–H and O–H groups in total. The number of thiophene rings is 1. The van der Waals surface area contributed by atoms with Gasteiger partial charge in [0.2, 0.25) is 0 Å². The Balaban J connectivity index is 1.96. The number of rotatable bonds is 5. The lowest BCUT2D eigenvalue weighted by Crippen LogP contribution is -2.02. The Labute approximate surface area is 119 Å². The number of aliphatic hydroxyl groups is 1. The average molecular weight is 274 g/mol. The number of hydrogen-bond donors (Lipinski definition) is 1. The third-order valence-corrected chi connectivity index (χ3v) is 4.66. The Hall–Kier alpha value is -1.12. The molecule has 0 bridgehead atoms. The first kappa shape index (κ1) is 14.3. The second-order valence-corrected chi connectivity index (χ2v) is 6.31. The highest BCUT2D eigenvalue weighted by Crippen LogP contribution is 2.26. The van der Waals surface area contributed by atoms with Crippen LogP contribution in [-0.4, -0.2) is 5.11 Å². The summed E-state index contributed by atoms with van der Waals surface area (Å²) >= 11 is 1.80. The maximum absolute atomic E-state index is 10.3. The molecule has 1 nitrogen and oxygen atoms in total. The first-order valence-electron chi connectivity index (χ1n) is 6.86. The van der Waals surface area contributed by atoms with Crippen LogP contribution in [0.4, 0.5) is 0 Å². The molecule has 0 aliphatic heterocycles. The van der Waals surface area contributed by atoms with Crippen LogP contribution in [0, 0.1) is 20.8 Å². The highest BCUT2D eigenvalue weighted by atomic mass is 32.1. The van der Waals surface area contributed by atoms with Crippen LogP contribution in [0.15, 0.2) is 29.6 Å². The summed E-state index contributed by atoms with van der Waals surface area (Å²) in [5.41, 5.74) is 4.85. The standard InChI is InChI=1S/C17H22OS/c1-12-10-14(3)16(11-13(12)2)17(18)8-4-6-15-7-5-9-19-15/h5,7,9-11,17-18H,4,6,8H2,1-3H3. The molecule has 19 heavy (non-hydrogen) atoms. The molecule has 0 aliphatic rings. The lowest BCUT2D eigenvalue weighted by Gasteiger charge is -2.15. The van der Waals surface area contributed by atoms with Crippen molar-refractivity contribution in [2.75, 3.05) is 0 Å². The van der Waals surface area contributed by atoms with Crippen LogP contribution in [0.3, 0.4) is 0 Å². The fraction of sp³-hybridized carbons (Fsp3) is 0.412. The van der Waals surface area contributed by atoms with Gasteiger partial charge < -0.3 is 5.11 Å². The molecule has 0 saturated heterocycles. The van der Waals surface area contributed by atoms with Crippen molar-refractivity contribution in [3.63, 3.8) is 0 Å². The number of hydrogen-bond acceptors (Lipinski definition) is 2. The summed E-state index contributed by atoms with van der Waals surface area (Å²) < 4.78 is 0. The minimum atomic E-state index is -0.334. The van der Waals surface area contributed by atoms with E-state index in [1.165, 1.54) is 21.6 Å². The van der Waals surface area contributed by atoms with Crippen molar-refractivity contribution < 1.29 is 5.11 Å². The Morgan fingerprint density at radius 3 is 2.53 bits per heavy atom. The van der Waals surface area contributed by atoms with Crippen LogP contribution in [0.1, 0.15) is 46.1 Å². The van der Waals surface area contributed by atoms with Gasteiger partial charge in [0.15, 0.2) is 0 Å². The molecule has 1 unspecified atom stereocenters. The molecule has 0 saturated carbocycles. The second-order valence-electron chi connectivity index (χ2n) is 5.28. The zero-order valence-electron chi connectivity index (χ0n) is 11.9. The molecular formula is C17H22OS. The molecule has 1 aromatic carbocycles. The molecule has 2 heteroatoms. The summed E-state index contributed by atoms with van der Waals surface area (Å²) in [5.74, 6) is 0. The highest BCUT2D eigenvalue weighted by molar-refractivity contribution is 7.09. The summed E-state index contributed by atoms with van der Waals surface area (Å²) in [6, 6.07) is 8.57. The van der Waals surface area contributed by atoms with Crippen LogP contribution in [0.25, 0.3) is 0 Å². The highest BCUT2D eigenvalue weighted by Gasteiger charge is 2.11. The Bertz CT molecular complexity index is 528. The lowest BCUT2D eigenvalue weighted by molar-refractivity contribution is 0.164. The smallest absolute Gasteiger partial charge is 0.0792 e. The predicted molar refractivity (Wildman–Crippen MR) is 82.9 cm³/mol. The zero-order chi connectivity index (χ0) is 13.8. The molecule has 1 heterocycles. The summed E-state index contributed by atoms with van der Waals surface area (Å²) in [6.45, 7) is 6.32. The Morgan fingerprint density at radius 1 is 1.11 bits per heavy atom. The summed E-state index contributed by atoms with van der Waals surface area (Å²) in [5, 5.41) is 12.5. The number of benzene rings is 1. The molecule has 0 fully saturated rings. The fourth-order valence-corrected chi connectivity index (χ4v) is 3.17. The maximum Gasteiger partial charge on any atom is 0.0792 e. The van der Waals surface area contributed by atoms with E-state index in [0.717, 1.165) is 24.8 Å². The second kappa shape index (κ2) is 6.36. The van der Waals surface area contributed by atoms with Gasteiger partial charge in [0.05, 0.1) is 6.10 Å². The summed E-state index contributed by atoms with van der Waals surface area (Å²) in [7, 11) is 0. The van der Waals surface area contributed by atoms with E-state index >= 15 is 0 Å². The van der Waals surface area contributed by atoms with Gasteiger partial charge in [-0.05, 0) is 73.7 Å². The molecule has 0 spiro atoms. The van der Waals surface area contributed by atoms with Crippen molar-refractivity contribution >= 4 is 11.3 Å². The van der Waals surface area contributed by atoms with Gasteiger partial charge >= 0.3 is 0 Å². The topological polar surface area (TPSA) is 20.2 Å². The van der Waals surface area contributed by atoms with Gasteiger partial charge in [-0.15, -0.1) is 11.3 Å². The SMILES string of the molecule is Cc1cc(C)c(C(O)CCCc2cccs2)cc1C. The van der Waals surface area contributed by atoms with E-state index in [1.807, 2.05) is 0 Å². The quantitative estimate of drug-likeness (QED) is 0.835. The molecule has 0 aliphatic carbocycles. The summed E-state index contributed by atoms with van der Waals surface area (Å²) in [4.78, 5) is 1.41. The molecular weight excluding hydrogens is 252 g/mol. The molecule has 102 valence electrons. The largest absolute Gasteiger partial charge is 0.388 e. The van der Waals surface area contributed by atoms with Crippen molar-refractivity contribution in [2.45, 2.75) is 46.1 Å². The van der Waals surface area contributed by atoms with Gasteiger partial charge in [-0.2, -0.15) is 0 Å². The van der Waals surface area contributed by atoms with E-state index in [9.17, 15) is 5.11 Å². The van der Waals surface area contributed by atoms with Gasteiger partial charge in [0, 0.05) is 4.88 Å². The monoisotopic (exact) mass is 274 g/mol. The van der Waals surface area contributed by atoms with E-state index in [0.29, 0.717) is 0 Å². The van der Waals surface area contributed by atoms with Crippen LogP contribution >= 0.6 is 11.3 Å². The maximum atomic E-state index is 10.3. The molecule has 1 aromatic heterocycles. The predicted octanol–water partition coefficient (Wildman–Crippen LogP) is 4.73. The van der Waals surface area contributed by atoms with Crippen LogP contribution in [-0.2, 0) is 6.42 Å². The third kappa shape index (κ3) is 3.68. The molecule has 1 atom stereocenters. The van der Waals surface area contributed by atoms with E-state index in [2.05, 4.69) is 50.4 Å².